The van der Waals surface area contributed by atoms with E-state index < -0.39 is 39.4 Å². The molecule has 2 aromatic carbocycles. The third kappa shape index (κ3) is 7.91. The van der Waals surface area contributed by atoms with E-state index >= 15 is 0 Å². The number of imide groups is 1. The van der Waals surface area contributed by atoms with Crippen molar-refractivity contribution in [1.29, 1.82) is 0 Å². The summed E-state index contributed by atoms with van der Waals surface area (Å²) in [6, 6.07) is 8.20. The van der Waals surface area contributed by atoms with Crippen molar-refractivity contribution in [3.05, 3.63) is 58.7 Å². The highest BCUT2D eigenvalue weighted by atomic mass is 32.2. The monoisotopic (exact) mass is 574 g/mol. The lowest BCUT2D eigenvalue weighted by atomic mass is 9.99. The second-order valence-corrected chi connectivity index (χ2v) is 12.3. The Morgan fingerprint density at radius 1 is 0.975 bits per heavy atom. The first-order valence-electron chi connectivity index (χ1n) is 12.9. The Kier molecular flexibility index (Phi) is 11.0. The zero-order chi connectivity index (χ0) is 30.4. The minimum absolute atomic E-state index is 0.0633. The standard InChI is InChI=1S/C22H24N2O7S.C7H14O/c1-4-31-18-10-13(8-9-17(18)30-2)16(12-32(3,28)29)24-21(26)15-7-5-6-14(11-19(23)25)20(15)22(24)27;1-5(2)7(8)6(3)4/h5-10,16H,4,11-12H2,1-3H3,(H2,23,25);5-6H,1-4H3/t16-;/m1./s1. The molecule has 0 saturated carbocycles. The first-order chi connectivity index (χ1) is 18.6. The molecule has 2 N–H and O–H groups in total. The summed E-state index contributed by atoms with van der Waals surface area (Å²) >= 11 is 0. The van der Waals surface area contributed by atoms with Crippen LogP contribution in [-0.4, -0.2) is 62.5 Å². The van der Waals surface area contributed by atoms with Gasteiger partial charge >= 0.3 is 0 Å². The Balaban J connectivity index is 0.000000611. The van der Waals surface area contributed by atoms with Crippen molar-refractivity contribution in [3.8, 4) is 11.5 Å². The Labute approximate surface area is 235 Å². The molecule has 1 aliphatic heterocycles. The smallest absolute Gasteiger partial charge is 0.262 e. The number of hydrogen-bond acceptors (Lipinski definition) is 8. The van der Waals surface area contributed by atoms with Gasteiger partial charge in [0.05, 0.1) is 43.1 Å². The number of amides is 3. The van der Waals surface area contributed by atoms with E-state index in [0.717, 1.165) is 11.2 Å². The molecule has 0 aliphatic carbocycles. The van der Waals surface area contributed by atoms with E-state index in [2.05, 4.69) is 0 Å². The molecule has 218 valence electrons. The summed E-state index contributed by atoms with van der Waals surface area (Å²) in [7, 11) is -2.14. The van der Waals surface area contributed by atoms with E-state index in [4.69, 9.17) is 15.2 Å². The van der Waals surface area contributed by atoms with Gasteiger partial charge in [0, 0.05) is 18.1 Å². The van der Waals surface area contributed by atoms with Gasteiger partial charge in [0.1, 0.15) is 15.6 Å². The van der Waals surface area contributed by atoms with E-state index in [1.54, 1.807) is 37.3 Å². The molecule has 1 atom stereocenters. The molecule has 0 unspecified atom stereocenters. The fourth-order valence-corrected chi connectivity index (χ4v) is 5.35. The lowest BCUT2D eigenvalue weighted by Gasteiger charge is -2.27. The van der Waals surface area contributed by atoms with Crippen LogP contribution in [0.5, 0.6) is 11.5 Å². The number of Topliss-reactive ketones (excluding diaryl/α,β-unsaturated/α-hetero) is 1. The van der Waals surface area contributed by atoms with Gasteiger partial charge in [0.15, 0.2) is 11.5 Å². The van der Waals surface area contributed by atoms with Crippen molar-refractivity contribution >= 4 is 33.3 Å². The topological polar surface area (TPSA) is 150 Å². The number of rotatable bonds is 11. The van der Waals surface area contributed by atoms with E-state index in [0.29, 0.717) is 35.0 Å². The maximum absolute atomic E-state index is 13.3. The third-order valence-corrected chi connectivity index (χ3v) is 7.10. The van der Waals surface area contributed by atoms with Gasteiger partial charge in [-0.05, 0) is 36.2 Å². The van der Waals surface area contributed by atoms with Gasteiger partial charge in [0.25, 0.3) is 11.8 Å². The van der Waals surface area contributed by atoms with Crippen molar-refractivity contribution in [2.45, 2.75) is 47.1 Å². The molecule has 0 saturated heterocycles. The van der Waals surface area contributed by atoms with Gasteiger partial charge in [-0.1, -0.05) is 45.9 Å². The van der Waals surface area contributed by atoms with Crippen LogP contribution < -0.4 is 15.2 Å². The first-order valence-corrected chi connectivity index (χ1v) is 15.0. The molecule has 1 aliphatic rings. The Morgan fingerprint density at radius 2 is 1.60 bits per heavy atom. The molecule has 11 heteroatoms. The minimum Gasteiger partial charge on any atom is -0.493 e. The fourth-order valence-electron chi connectivity index (χ4n) is 4.43. The maximum Gasteiger partial charge on any atom is 0.262 e. The van der Waals surface area contributed by atoms with E-state index in [9.17, 15) is 27.6 Å². The van der Waals surface area contributed by atoms with Crippen LogP contribution >= 0.6 is 0 Å². The number of hydrogen-bond donors (Lipinski definition) is 1. The number of ether oxygens (including phenoxy) is 2. The van der Waals surface area contributed by atoms with E-state index in [1.165, 1.54) is 13.2 Å². The number of ketones is 1. The van der Waals surface area contributed by atoms with Crippen molar-refractivity contribution in [1.82, 2.24) is 4.90 Å². The van der Waals surface area contributed by atoms with Crippen LogP contribution in [0.25, 0.3) is 0 Å². The van der Waals surface area contributed by atoms with Gasteiger partial charge < -0.3 is 15.2 Å². The molecule has 3 amide bonds. The van der Waals surface area contributed by atoms with Gasteiger partial charge in [-0.2, -0.15) is 0 Å². The molecule has 40 heavy (non-hydrogen) atoms. The number of nitrogens with zero attached hydrogens (tertiary/aromatic N) is 1. The molecule has 10 nitrogen and oxygen atoms in total. The number of fused-ring (bicyclic) bond motifs is 1. The zero-order valence-electron chi connectivity index (χ0n) is 24.0. The fraction of sp³-hybridized carbons (Fsp3) is 0.448. The van der Waals surface area contributed by atoms with Crippen LogP contribution in [0.4, 0.5) is 0 Å². The second-order valence-electron chi connectivity index (χ2n) is 10.1. The number of primary amides is 1. The Bertz CT molecular complexity index is 1370. The third-order valence-electron chi connectivity index (χ3n) is 6.18. The lowest BCUT2D eigenvalue weighted by molar-refractivity contribution is -0.124. The zero-order valence-corrected chi connectivity index (χ0v) is 24.8. The Hall–Kier alpha value is -3.73. The number of benzene rings is 2. The highest BCUT2D eigenvalue weighted by molar-refractivity contribution is 7.90. The van der Waals surface area contributed by atoms with Crippen LogP contribution in [0.1, 0.15) is 72.5 Å². The summed E-state index contributed by atoms with van der Waals surface area (Å²) in [6.07, 6.45) is 0.813. The average molecular weight is 575 g/mol. The van der Waals surface area contributed by atoms with Crippen LogP contribution in [-0.2, 0) is 25.8 Å². The average Bonchev–Trinajstić information content (AvgIpc) is 3.12. The summed E-state index contributed by atoms with van der Waals surface area (Å²) in [5.74, 6) is -0.905. The molecule has 0 bridgehead atoms. The predicted octanol–water partition coefficient (Wildman–Crippen LogP) is 3.37. The van der Waals surface area contributed by atoms with Crippen LogP contribution in [0.15, 0.2) is 36.4 Å². The number of nitrogens with two attached hydrogens (primary N) is 1. The summed E-state index contributed by atoms with van der Waals surface area (Å²) < 4.78 is 35.3. The van der Waals surface area contributed by atoms with Gasteiger partial charge in [0.2, 0.25) is 5.91 Å². The maximum atomic E-state index is 13.3. The second kappa shape index (κ2) is 13.6. The number of carbonyl (C=O) groups is 4. The molecule has 3 rings (SSSR count). The number of methoxy groups -OCH3 is 1. The highest BCUT2D eigenvalue weighted by Crippen LogP contribution is 2.37. The van der Waals surface area contributed by atoms with E-state index in [1.807, 2.05) is 27.7 Å². The highest BCUT2D eigenvalue weighted by Gasteiger charge is 2.43. The van der Waals surface area contributed by atoms with Crippen molar-refractivity contribution in [2.24, 2.45) is 17.6 Å². The van der Waals surface area contributed by atoms with Crippen molar-refractivity contribution < 1.29 is 37.1 Å². The molecule has 0 fully saturated rings. The minimum atomic E-state index is -3.61. The number of sulfone groups is 1. The largest absolute Gasteiger partial charge is 0.493 e. The molecule has 0 spiro atoms. The SMILES string of the molecule is CC(C)C(=O)C(C)C.CCOc1cc([C@@H](CS(C)(=O)=O)N2C(=O)c3cccc(CC(N)=O)c3C2=O)ccc1OC. The first kappa shape index (κ1) is 32.5. The van der Waals surface area contributed by atoms with Crippen LogP contribution in [0.3, 0.4) is 0 Å². The molecule has 0 aromatic heterocycles. The summed E-state index contributed by atoms with van der Waals surface area (Å²) in [6.45, 7) is 9.85. The Morgan fingerprint density at radius 3 is 2.08 bits per heavy atom. The van der Waals surface area contributed by atoms with Crippen molar-refractivity contribution in [2.75, 3.05) is 25.7 Å². The number of carbonyl (C=O) groups excluding carboxylic acids is 4. The lowest BCUT2D eigenvalue weighted by Crippen LogP contribution is -2.38. The molecule has 1 heterocycles. The normalized spacial score (nSPS) is 13.6. The van der Waals surface area contributed by atoms with Crippen molar-refractivity contribution in [3.63, 3.8) is 0 Å². The quantitative estimate of drug-likeness (QED) is 0.401. The van der Waals surface area contributed by atoms with Crippen LogP contribution in [0, 0.1) is 11.8 Å². The van der Waals surface area contributed by atoms with Gasteiger partial charge in [-0.15, -0.1) is 0 Å². The predicted molar refractivity (Wildman–Crippen MR) is 151 cm³/mol. The summed E-state index contributed by atoms with van der Waals surface area (Å²) in [5, 5.41) is 0. The molecule has 2 aromatic rings. The van der Waals surface area contributed by atoms with E-state index in [-0.39, 0.29) is 29.4 Å². The van der Waals surface area contributed by atoms with Gasteiger partial charge in [-0.3, -0.25) is 24.1 Å². The van der Waals surface area contributed by atoms with Gasteiger partial charge in [-0.25, -0.2) is 8.42 Å². The molecular weight excluding hydrogens is 536 g/mol. The molecular formula is C29H38N2O8S. The van der Waals surface area contributed by atoms with Crippen LogP contribution in [0.2, 0.25) is 0 Å². The summed E-state index contributed by atoms with van der Waals surface area (Å²) in [4.78, 5) is 49.8. The molecule has 0 radical (unpaired) electrons. The summed E-state index contributed by atoms with van der Waals surface area (Å²) in [5.41, 5.74) is 6.16.